The van der Waals surface area contributed by atoms with Crippen LogP contribution in [0.4, 0.5) is 5.69 Å². The van der Waals surface area contributed by atoms with Gasteiger partial charge in [-0.05, 0) is 43.7 Å². The molecule has 1 aliphatic heterocycles. The summed E-state index contributed by atoms with van der Waals surface area (Å²) in [6, 6.07) is 15.4. The van der Waals surface area contributed by atoms with Crippen molar-refractivity contribution in [1.29, 1.82) is 0 Å². The second-order valence-electron chi connectivity index (χ2n) is 7.27. The largest absolute Gasteiger partial charge is 0.379 e. The molecule has 0 spiro atoms. The molecule has 0 saturated carbocycles. The van der Waals surface area contributed by atoms with Crippen LogP contribution in [0.15, 0.2) is 59.5 Å². The molecule has 0 atom stereocenters. The number of carbonyl (C=O) groups excluding carboxylic acids is 1. The molecule has 1 aliphatic rings. The monoisotopic (exact) mass is 431 g/mol. The summed E-state index contributed by atoms with van der Waals surface area (Å²) >= 11 is 0. The highest BCUT2D eigenvalue weighted by Crippen LogP contribution is 2.26. The lowest BCUT2D eigenvalue weighted by Gasteiger charge is -2.27. The average Bonchev–Trinajstić information content (AvgIpc) is 2.77. The molecule has 0 radical (unpaired) electrons. The summed E-state index contributed by atoms with van der Waals surface area (Å²) < 4.78 is 33.1. The summed E-state index contributed by atoms with van der Waals surface area (Å²) in [6.07, 6.45) is 0.807. The number of carbonyl (C=O) groups is 1. The summed E-state index contributed by atoms with van der Waals surface area (Å²) in [5, 5.41) is 2.86. The highest BCUT2D eigenvalue weighted by molar-refractivity contribution is 7.92. The van der Waals surface area contributed by atoms with Gasteiger partial charge in [-0.1, -0.05) is 36.4 Å². The van der Waals surface area contributed by atoms with Crippen LogP contribution in [0.3, 0.4) is 0 Å². The summed E-state index contributed by atoms with van der Waals surface area (Å²) in [7, 11) is -3.87. The van der Waals surface area contributed by atoms with Crippen LogP contribution in [0.25, 0.3) is 0 Å². The topological polar surface area (TPSA) is 79.0 Å². The third-order valence-electron chi connectivity index (χ3n) is 5.08. The fourth-order valence-corrected chi connectivity index (χ4v) is 4.91. The molecule has 1 saturated heterocycles. The molecule has 8 heteroatoms. The van der Waals surface area contributed by atoms with Crippen molar-refractivity contribution in [1.82, 2.24) is 10.2 Å². The van der Waals surface area contributed by atoms with Gasteiger partial charge in [0.05, 0.1) is 23.8 Å². The minimum absolute atomic E-state index is 0.161. The van der Waals surface area contributed by atoms with E-state index in [1.807, 2.05) is 19.1 Å². The summed E-state index contributed by atoms with van der Waals surface area (Å²) in [5.41, 5.74) is 1.29. The third-order valence-corrected chi connectivity index (χ3v) is 6.85. The molecule has 7 nitrogen and oxygen atoms in total. The van der Waals surface area contributed by atoms with E-state index in [9.17, 15) is 13.2 Å². The van der Waals surface area contributed by atoms with Gasteiger partial charge in [0.2, 0.25) is 5.91 Å². The van der Waals surface area contributed by atoms with Crippen molar-refractivity contribution in [3.63, 3.8) is 0 Å². The molecule has 2 aromatic carbocycles. The van der Waals surface area contributed by atoms with Crippen LogP contribution >= 0.6 is 0 Å². The predicted octanol–water partition coefficient (Wildman–Crippen LogP) is 2.03. The van der Waals surface area contributed by atoms with E-state index in [1.165, 1.54) is 4.31 Å². The zero-order valence-corrected chi connectivity index (χ0v) is 18.1. The molecule has 0 aliphatic carbocycles. The van der Waals surface area contributed by atoms with Gasteiger partial charge in [-0.15, -0.1) is 0 Å². The predicted molar refractivity (Wildman–Crippen MR) is 117 cm³/mol. The van der Waals surface area contributed by atoms with Crippen LogP contribution < -0.4 is 9.62 Å². The van der Waals surface area contributed by atoms with Crippen LogP contribution in [-0.2, 0) is 19.6 Å². The molecule has 0 unspecified atom stereocenters. The lowest BCUT2D eigenvalue weighted by molar-refractivity contribution is -0.119. The first-order valence-corrected chi connectivity index (χ1v) is 11.6. The Kier molecular flexibility index (Phi) is 7.84. The number of amides is 1. The first kappa shape index (κ1) is 22.3. The second kappa shape index (κ2) is 10.6. The van der Waals surface area contributed by atoms with Crippen LogP contribution in [0, 0.1) is 6.92 Å². The summed E-state index contributed by atoms with van der Waals surface area (Å²) in [6.45, 7) is 6.26. The molecule has 0 bridgehead atoms. The van der Waals surface area contributed by atoms with Crippen LogP contribution in [0.1, 0.15) is 12.0 Å². The molecule has 1 N–H and O–H groups in total. The van der Waals surface area contributed by atoms with Crippen LogP contribution in [0.5, 0.6) is 0 Å². The minimum Gasteiger partial charge on any atom is -0.379 e. The Morgan fingerprint density at radius 3 is 2.43 bits per heavy atom. The van der Waals surface area contributed by atoms with Crippen molar-refractivity contribution in [3.05, 3.63) is 60.2 Å². The molecule has 0 aromatic heterocycles. The molecule has 3 rings (SSSR count). The zero-order valence-electron chi connectivity index (χ0n) is 17.3. The maximum atomic E-state index is 13.3. The molecular weight excluding hydrogens is 402 g/mol. The van der Waals surface area contributed by atoms with Crippen molar-refractivity contribution in [2.45, 2.75) is 18.2 Å². The Labute approximate surface area is 178 Å². The van der Waals surface area contributed by atoms with Gasteiger partial charge >= 0.3 is 0 Å². The maximum Gasteiger partial charge on any atom is 0.264 e. The highest BCUT2D eigenvalue weighted by Gasteiger charge is 2.27. The number of rotatable bonds is 9. The van der Waals surface area contributed by atoms with E-state index in [1.54, 1.807) is 42.5 Å². The van der Waals surface area contributed by atoms with Crippen molar-refractivity contribution in [2.24, 2.45) is 0 Å². The first-order chi connectivity index (χ1) is 14.5. The van der Waals surface area contributed by atoms with E-state index in [-0.39, 0.29) is 17.3 Å². The Hall–Kier alpha value is -2.42. The van der Waals surface area contributed by atoms with E-state index >= 15 is 0 Å². The van der Waals surface area contributed by atoms with Gasteiger partial charge in [0.25, 0.3) is 10.0 Å². The van der Waals surface area contributed by atoms with Crippen molar-refractivity contribution < 1.29 is 17.9 Å². The number of benzene rings is 2. The Balaban J connectivity index is 1.67. The zero-order chi connectivity index (χ0) is 21.4. The van der Waals surface area contributed by atoms with Gasteiger partial charge in [-0.25, -0.2) is 8.42 Å². The molecule has 1 heterocycles. The SMILES string of the molecule is Cc1ccccc1N(CC(=O)NCCCN1CCOCC1)S(=O)(=O)c1ccccc1. The van der Waals surface area contributed by atoms with Gasteiger partial charge in [-0.3, -0.25) is 14.0 Å². The smallest absolute Gasteiger partial charge is 0.264 e. The van der Waals surface area contributed by atoms with E-state index in [0.29, 0.717) is 12.2 Å². The van der Waals surface area contributed by atoms with E-state index in [4.69, 9.17) is 4.74 Å². The molecule has 162 valence electrons. The number of hydrogen-bond donors (Lipinski definition) is 1. The number of aryl methyl sites for hydroxylation is 1. The van der Waals surface area contributed by atoms with Gasteiger partial charge in [0, 0.05) is 19.6 Å². The summed E-state index contributed by atoms with van der Waals surface area (Å²) in [4.78, 5) is 15.1. The normalized spacial score (nSPS) is 15.0. The van der Waals surface area contributed by atoms with Crippen LogP contribution in [-0.4, -0.2) is 65.2 Å². The van der Waals surface area contributed by atoms with Crippen molar-refractivity contribution in [3.8, 4) is 0 Å². The molecular formula is C22H29N3O4S. The Morgan fingerprint density at radius 2 is 1.73 bits per heavy atom. The van der Waals surface area contributed by atoms with Gasteiger partial charge in [0.15, 0.2) is 0 Å². The van der Waals surface area contributed by atoms with E-state index in [2.05, 4.69) is 10.2 Å². The molecule has 1 amide bonds. The molecule has 30 heavy (non-hydrogen) atoms. The fraction of sp³-hybridized carbons (Fsp3) is 0.409. The van der Waals surface area contributed by atoms with Crippen LogP contribution in [0.2, 0.25) is 0 Å². The molecule has 1 fully saturated rings. The quantitative estimate of drug-likeness (QED) is 0.615. The highest BCUT2D eigenvalue weighted by atomic mass is 32.2. The van der Waals surface area contributed by atoms with E-state index in [0.717, 1.165) is 44.8 Å². The van der Waals surface area contributed by atoms with Crippen molar-refractivity contribution in [2.75, 3.05) is 50.2 Å². The van der Waals surface area contributed by atoms with E-state index < -0.39 is 10.0 Å². The average molecular weight is 432 g/mol. The minimum atomic E-state index is -3.87. The number of para-hydroxylation sites is 1. The van der Waals surface area contributed by atoms with Gasteiger partial charge in [0.1, 0.15) is 6.54 Å². The Morgan fingerprint density at radius 1 is 1.07 bits per heavy atom. The second-order valence-corrected chi connectivity index (χ2v) is 9.13. The number of morpholine rings is 1. The first-order valence-electron chi connectivity index (χ1n) is 10.2. The lowest BCUT2D eigenvalue weighted by atomic mass is 10.2. The number of nitrogens with one attached hydrogen (secondary N) is 1. The molecule has 2 aromatic rings. The standard InChI is InChI=1S/C22H29N3O4S/c1-19-8-5-6-11-21(19)25(30(27,28)20-9-3-2-4-10-20)18-22(26)23-12-7-13-24-14-16-29-17-15-24/h2-6,8-11H,7,12-18H2,1H3,(H,23,26). The maximum absolute atomic E-state index is 13.3. The summed E-state index contributed by atoms with van der Waals surface area (Å²) in [5.74, 6) is -0.320. The lowest BCUT2D eigenvalue weighted by Crippen LogP contribution is -2.42. The van der Waals surface area contributed by atoms with Gasteiger partial charge < -0.3 is 10.1 Å². The number of hydrogen-bond acceptors (Lipinski definition) is 5. The number of sulfonamides is 1. The number of ether oxygens (including phenoxy) is 1. The fourth-order valence-electron chi connectivity index (χ4n) is 3.40. The number of anilines is 1. The Bertz CT molecular complexity index is 928. The van der Waals surface area contributed by atoms with Gasteiger partial charge in [-0.2, -0.15) is 0 Å². The van der Waals surface area contributed by atoms with Crippen molar-refractivity contribution >= 4 is 21.6 Å². The number of nitrogens with zero attached hydrogens (tertiary/aromatic N) is 2. The third kappa shape index (κ3) is 5.81.